The number of rotatable bonds is 7. The van der Waals surface area contributed by atoms with E-state index < -0.39 is 0 Å². The average Bonchev–Trinajstić information content (AvgIpc) is 2.37. The van der Waals surface area contributed by atoms with Gasteiger partial charge in [-0.05, 0) is 50.9 Å². The Bertz CT molecular complexity index is 379. The molecule has 0 heterocycles. The van der Waals surface area contributed by atoms with Crippen LogP contribution in [0.15, 0.2) is 24.3 Å². The molecule has 19 heavy (non-hydrogen) atoms. The minimum absolute atomic E-state index is 0.110. The molecule has 2 atom stereocenters. The third kappa shape index (κ3) is 5.29. The fourth-order valence-electron chi connectivity index (χ4n) is 2.04. The first-order valence-electron chi connectivity index (χ1n) is 7.11. The zero-order valence-corrected chi connectivity index (χ0v) is 12.6. The Morgan fingerprint density at radius 1 is 1.21 bits per heavy atom. The molecule has 3 heteroatoms. The van der Waals surface area contributed by atoms with E-state index in [0.29, 0.717) is 12.0 Å². The van der Waals surface area contributed by atoms with Gasteiger partial charge >= 0.3 is 0 Å². The molecular formula is C16H27FN2. The van der Waals surface area contributed by atoms with Crippen LogP contribution in [0.3, 0.4) is 0 Å². The summed E-state index contributed by atoms with van der Waals surface area (Å²) in [6.45, 7) is 7.38. The van der Waals surface area contributed by atoms with Gasteiger partial charge in [0, 0.05) is 12.1 Å². The van der Waals surface area contributed by atoms with Crippen LogP contribution in [0.4, 0.5) is 4.39 Å². The van der Waals surface area contributed by atoms with Crippen LogP contribution in [-0.2, 0) is 6.42 Å². The second kappa shape index (κ2) is 7.61. The predicted octanol–water partition coefficient (Wildman–Crippen LogP) is 3.06. The Morgan fingerprint density at radius 3 is 2.42 bits per heavy atom. The molecule has 108 valence electrons. The topological polar surface area (TPSA) is 29.3 Å². The van der Waals surface area contributed by atoms with Crippen molar-refractivity contribution in [1.82, 2.24) is 4.90 Å². The van der Waals surface area contributed by atoms with Gasteiger partial charge in [-0.2, -0.15) is 0 Å². The molecule has 0 aliphatic carbocycles. The first kappa shape index (κ1) is 16.1. The Kier molecular flexibility index (Phi) is 6.46. The highest BCUT2D eigenvalue weighted by Crippen LogP contribution is 2.12. The summed E-state index contributed by atoms with van der Waals surface area (Å²) in [7, 11) is 2.08. The van der Waals surface area contributed by atoms with Crippen LogP contribution in [0.1, 0.15) is 32.8 Å². The smallest absolute Gasteiger partial charge is 0.126 e. The summed E-state index contributed by atoms with van der Waals surface area (Å²) in [5.74, 6) is 0.400. The van der Waals surface area contributed by atoms with E-state index in [4.69, 9.17) is 5.73 Å². The van der Waals surface area contributed by atoms with Crippen LogP contribution in [0, 0.1) is 11.7 Å². The highest BCUT2D eigenvalue weighted by molar-refractivity contribution is 5.18. The van der Waals surface area contributed by atoms with E-state index in [-0.39, 0.29) is 11.9 Å². The molecule has 2 N–H and O–H groups in total. The molecule has 0 saturated carbocycles. The highest BCUT2D eigenvalue weighted by Gasteiger charge is 2.14. The van der Waals surface area contributed by atoms with Gasteiger partial charge in [-0.15, -0.1) is 0 Å². The number of likely N-dealkylation sites (N-methyl/N-ethyl adjacent to an activating group) is 1. The Balaban J connectivity index is 2.45. The summed E-state index contributed by atoms with van der Waals surface area (Å²) in [5.41, 5.74) is 6.84. The van der Waals surface area contributed by atoms with E-state index in [1.807, 2.05) is 12.1 Å². The maximum Gasteiger partial charge on any atom is 0.126 e. The maximum atomic E-state index is 13.6. The molecule has 0 aromatic heterocycles. The third-order valence-corrected chi connectivity index (χ3v) is 3.90. The lowest BCUT2D eigenvalue weighted by Gasteiger charge is -2.27. The van der Waals surface area contributed by atoms with E-state index >= 15 is 0 Å². The number of nitrogens with two attached hydrogens (primary N) is 1. The van der Waals surface area contributed by atoms with Crippen LogP contribution in [0.5, 0.6) is 0 Å². The largest absolute Gasteiger partial charge is 0.327 e. The number of hydrogen-bond donors (Lipinski definition) is 1. The molecule has 0 aliphatic rings. The molecule has 0 amide bonds. The van der Waals surface area contributed by atoms with Gasteiger partial charge < -0.3 is 10.6 Å². The van der Waals surface area contributed by atoms with Crippen LogP contribution in [-0.4, -0.2) is 30.6 Å². The van der Waals surface area contributed by atoms with Gasteiger partial charge in [0.05, 0.1) is 0 Å². The number of benzene rings is 1. The van der Waals surface area contributed by atoms with E-state index in [2.05, 4.69) is 32.7 Å². The van der Waals surface area contributed by atoms with Gasteiger partial charge in [0.2, 0.25) is 0 Å². The van der Waals surface area contributed by atoms with E-state index in [9.17, 15) is 4.39 Å². The molecule has 0 spiro atoms. The van der Waals surface area contributed by atoms with Crippen molar-refractivity contribution in [2.75, 3.05) is 13.6 Å². The van der Waals surface area contributed by atoms with Crippen molar-refractivity contribution in [3.05, 3.63) is 35.6 Å². The molecule has 1 rings (SSSR count). The van der Waals surface area contributed by atoms with Gasteiger partial charge in [0.15, 0.2) is 0 Å². The number of halogens is 1. The van der Waals surface area contributed by atoms with Crippen LogP contribution in [0.25, 0.3) is 0 Å². The Labute approximate surface area is 116 Å². The maximum absolute atomic E-state index is 13.6. The summed E-state index contributed by atoms with van der Waals surface area (Å²) in [5, 5.41) is 0. The zero-order chi connectivity index (χ0) is 14.4. The predicted molar refractivity (Wildman–Crippen MR) is 79.6 cm³/mol. The fourth-order valence-corrected chi connectivity index (χ4v) is 2.04. The molecule has 2 unspecified atom stereocenters. The third-order valence-electron chi connectivity index (χ3n) is 3.90. The van der Waals surface area contributed by atoms with E-state index in [1.54, 1.807) is 6.07 Å². The normalized spacial score (nSPS) is 14.9. The lowest BCUT2D eigenvalue weighted by molar-refractivity contribution is 0.238. The Hall–Kier alpha value is -0.930. The van der Waals surface area contributed by atoms with Crippen molar-refractivity contribution in [3.63, 3.8) is 0 Å². The average molecular weight is 266 g/mol. The molecule has 0 radical (unpaired) electrons. The van der Waals surface area contributed by atoms with Crippen LogP contribution < -0.4 is 5.73 Å². The van der Waals surface area contributed by atoms with Crippen molar-refractivity contribution in [1.29, 1.82) is 0 Å². The van der Waals surface area contributed by atoms with Crippen molar-refractivity contribution in [2.24, 2.45) is 11.7 Å². The highest BCUT2D eigenvalue weighted by atomic mass is 19.1. The van der Waals surface area contributed by atoms with Crippen LogP contribution in [0.2, 0.25) is 0 Å². The summed E-state index contributed by atoms with van der Waals surface area (Å²) in [6, 6.07) is 7.56. The van der Waals surface area contributed by atoms with Gasteiger partial charge in [-0.3, -0.25) is 0 Å². The summed E-state index contributed by atoms with van der Waals surface area (Å²) in [6.07, 6.45) is 1.72. The van der Waals surface area contributed by atoms with Crippen molar-refractivity contribution >= 4 is 0 Å². The fraction of sp³-hybridized carbons (Fsp3) is 0.625. The monoisotopic (exact) mass is 266 g/mol. The lowest BCUT2D eigenvalue weighted by atomic mass is 10.0. The molecule has 0 bridgehead atoms. The van der Waals surface area contributed by atoms with Gasteiger partial charge in [-0.1, -0.05) is 32.0 Å². The van der Waals surface area contributed by atoms with Gasteiger partial charge in [-0.25, -0.2) is 4.39 Å². The standard InChI is InChI=1S/C16H27FN2/c1-12(2)16(18)9-10-19(4)13(3)11-14-7-5-6-8-15(14)17/h5-8,12-13,16H,9-11,18H2,1-4H3. The molecule has 1 aromatic rings. The Morgan fingerprint density at radius 2 is 1.84 bits per heavy atom. The summed E-state index contributed by atoms with van der Waals surface area (Å²) in [4.78, 5) is 2.26. The summed E-state index contributed by atoms with van der Waals surface area (Å²) >= 11 is 0. The van der Waals surface area contributed by atoms with E-state index in [0.717, 1.165) is 24.9 Å². The second-order valence-electron chi connectivity index (χ2n) is 5.82. The lowest BCUT2D eigenvalue weighted by Crippen LogP contribution is -2.36. The number of hydrogen-bond acceptors (Lipinski definition) is 2. The number of nitrogens with zero attached hydrogens (tertiary/aromatic N) is 1. The van der Waals surface area contributed by atoms with Crippen LogP contribution >= 0.6 is 0 Å². The molecule has 1 aromatic carbocycles. The molecule has 0 fully saturated rings. The van der Waals surface area contributed by atoms with Crippen molar-refractivity contribution in [2.45, 2.75) is 45.7 Å². The quantitative estimate of drug-likeness (QED) is 0.822. The van der Waals surface area contributed by atoms with E-state index in [1.165, 1.54) is 6.07 Å². The molecular weight excluding hydrogens is 239 g/mol. The van der Waals surface area contributed by atoms with Gasteiger partial charge in [0.1, 0.15) is 5.82 Å². The minimum atomic E-state index is -0.110. The second-order valence-corrected chi connectivity index (χ2v) is 5.82. The zero-order valence-electron chi connectivity index (χ0n) is 12.6. The minimum Gasteiger partial charge on any atom is -0.327 e. The first-order chi connectivity index (χ1) is 8.91. The first-order valence-corrected chi connectivity index (χ1v) is 7.11. The summed E-state index contributed by atoms with van der Waals surface area (Å²) < 4.78 is 13.6. The van der Waals surface area contributed by atoms with Crippen molar-refractivity contribution < 1.29 is 4.39 Å². The molecule has 0 aliphatic heterocycles. The van der Waals surface area contributed by atoms with Crippen molar-refractivity contribution in [3.8, 4) is 0 Å². The SMILES string of the molecule is CC(C)C(N)CCN(C)C(C)Cc1ccccc1F. The molecule has 2 nitrogen and oxygen atoms in total. The van der Waals surface area contributed by atoms with Gasteiger partial charge in [0.25, 0.3) is 0 Å². The molecule has 0 saturated heterocycles.